The highest BCUT2D eigenvalue weighted by molar-refractivity contribution is 4.72. The van der Waals surface area contributed by atoms with Crippen molar-refractivity contribution in [3.63, 3.8) is 0 Å². The Hall–Kier alpha value is -0.400. The van der Waals surface area contributed by atoms with Gasteiger partial charge in [0.05, 0.1) is 5.92 Å². The summed E-state index contributed by atoms with van der Waals surface area (Å²) in [5, 5.41) is 0. The first-order valence-electron chi connectivity index (χ1n) is 5.91. The monoisotopic (exact) mass is 198 g/mol. The highest BCUT2D eigenvalue weighted by Gasteiger charge is 2.41. The van der Waals surface area contributed by atoms with Crippen molar-refractivity contribution < 1.29 is 9.39 Å². The van der Waals surface area contributed by atoms with Crippen LogP contribution in [0.1, 0.15) is 40.5 Å². The van der Waals surface area contributed by atoms with Crippen LogP contribution in [-0.4, -0.2) is 36.1 Å². The van der Waals surface area contributed by atoms with E-state index in [-0.39, 0.29) is 0 Å². The van der Waals surface area contributed by atoms with E-state index >= 15 is 0 Å². The lowest BCUT2D eigenvalue weighted by Gasteiger charge is -2.20. The molecule has 82 valence electrons. The van der Waals surface area contributed by atoms with Crippen LogP contribution < -0.4 is 0 Å². The Morgan fingerprint density at radius 3 is 2.29 bits per heavy atom. The average Bonchev–Trinajstić information content (AvgIpc) is 2.43. The third kappa shape index (κ3) is 2.79. The van der Waals surface area contributed by atoms with Gasteiger partial charge in [0.1, 0.15) is 0 Å². The van der Waals surface area contributed by atoms with E-state index in [0.717, 1.165) is 5.92 Å². The molecule has 0 spiro atoms. The second-order valence-electron chi connectivity index (χ2n) is 5.67. The minimum Gasteiger partial charge on any atom is -0.0651 e. The average molecular weight is 198 g/mol. The SMILES string of the molecule is CCCC[N+]1=[N+](C)CC(C(C)(C)C)C1. The fourth-order valence-electron chi connectivity index (χ4n) is 2.04. The molecule has 0 saturated carbocycles. The van der Waals surface area contributed by atoms with Gasteiger partial charge in [-0.1, -0.05) is 27.7 Å². The summed E-state index contributed by atoms with van der Waals surface area (Å²) in [4.78, 5) is 0. The number of hydrogen-bond donors (Lipinski definition) is 0. The van der Waals surface area contributed by atoms with Crippen LogP contribution in [0.5, 0.6) is 0 Å². The number of azo groups is 4. The zero-order valence-corrected chi connectivity index (χ0v) is 10.5. The summed E-state index contributed by atoms with van der Waals surface area (Å²) in [6.07, 6.45) is 2.62. The largest absolute Gasteiger partial charge is 0.213 e. The molecule has 2 nitrogen and oxygen atoms in total. The lowest BCUT2D eigenvalue weighted by molar-refractivity contribution is -0.992. The van der Waals surface area contributed by atoms with E-state index < -0.39 is 0 Å². The van der Waals surface area contributed by atoms with Crippen molar-refractivity contribution in [2.45, 2.75) is 40.5 Å². The summed E-state index contributed by atoms with van der Waals surface area (Å²) in [6.45, 7) is 13.0. The highest BCUT2D eigenvalue weighted by Crippen LogP contribution is 2.28. The zero-order chi connectivity index (χ0) is 10.8. The summed E-state index contributed by atoms with van der Waals surface area (Å²) >= 11 is 0. The normalized spacial score (nSPS) is 23.4. The molecule has 0 aromatic heterocycles. The zero-order valence-electron chi connectivity index (χ0n) is 10.5. The molecule has 0 aromatic rings. The molecule has 0 saturated heterocycles. The molecule has 0 N–H and O–H groups in total. The molecule has 1 aliphatic rings. The van der Waals surface area contributed by atoms with Gasteiger partial charge < -0.3 is 0 Å². The smallest absolute Gasteiger partial charge is 0.0651 e. The predicted octanol–water partition coefficient (Wildman–Crippen LogP) is 2.57. The van der Waals surface area contributed by atoms with Gasteiger partial charge in [-0.05, 0) is 21.2 Å². The third-order valence-electron chi connectivity index (χ3n) is 3.39. The molecular formula is C12H26N2+2. The van der Waals surface area contributed by atoms with E-state index in [1.54, 1.807) is 0 Å². The maximum atomic E-state index is 2.51. The Kier molecular flexibility index (Phi) is 3.68. The molecule has 0 amide bonds. The Labute approximate surface area is 88.6 Å². The lowest BCUT2D eigenvalue weighted by atomic mass is 9.81. The second-order valence-corrected chi connectivity index (χ2v) is 5.67. The molecule has 0 aromatic carbocycles. The second kappa shape index (κ2) is 4.41. The van der Waals surface area contributed by atoms with Gasteiger partial charge in [0, 0.05) is 6.42 Å². The van der Waals surface area contributed by atoms with Crippen LogP contribution in [0.15, 0.2) is 0 Å². The Balaban J connectivity index is 2.51. The van der Waals surface area contributed by atoms with E-state index in [4.69, 9.17) is 0 Å². The molecular weight excluding hydrogens is 172 g/mol. The van der Waals surface area contributed by atoms with Gasteiger partial charge in [-0.3, -0.25) is 0 Å². The van der Waals surface area contributed by atoms with Gasteiger partial charge in [0.25, 0.3) is 0 Å². The highest BCUT2D eigenvalue weighted by atomic mass is 15.4. The minimum absolute atomic E-state index is 0.454. The molecule has 1 aliphatic heterocycles. The van der Waals surface area contributed by atoms with Gasteiger partial charge in [-0.15, -0.1) is 0 Å². The number of rotatable bonds is 3. The molecule has 2 heteroatoms. The Morgan fingerprint density at radius 2 is 1.86 bits per heavy atom. The topological polar surface area (TPSA) is 6.02 Å². The van der Waals surface area contributed by atoms with Gasteiger partial charge in [-0.25, -0.2) is 0 Å². The first-order valence-corrected chi connectivity index (χ1v) is 5.91. The van der Waals surface area contributed by atoms with Crippen LogP contribution in [0.2, 0.25) is 0 Å². The van der Waals surface area contributed by atoms with Crippen molar-refractivity contribution in [2.75, 3.05) is 26.7 Å². The van der Waals surface area contributed by atoms with Crippen LogP contribution in [0.3, 0.4) is 0 Å². The van der Waals surface area contributed by atoms with Crippen LogP contribution in [-0.2, 0) is 0 Å². The van der Waals surface area contributed by atoms with E-state index in [1.807, 2.05) is 0 Å². The maximum Gasteiger partial charge on any atom is 0.213 e. The molecule has 0 fully saturated rings. The number of unbranched alkanes of at least 4 members (excludes halogenated alkanes) is 1. The van der Waals surface area contributed by atoms with Gasteiger partial charge >= 0.3 is 0 Å². The molecule has 1 rings (SSSR count). The molecule has 14 heavy (non-hydrogen) atoms. The van der Waals surface area contributed by atoms with Crippen molar-refractivity contribution >= 4 is 0 Å². The van der Waals surface area contributed by atoms with Gasteiger partial charge in [0.2, 0.25) is 19.6 Å². The van der Waals surface area contributed by atoms with E-state index in [2.05, 4.69) is 44.1 Å². The Morgan fingerprint density at radius 1 is 1.21 bits per heavy atom. The molecule has 1 heterocycles. The summed E-state index contributed by atoms with van der Waals surface area (Å²) in [6, 6.07) is 0. The van der Waals surface area contributed by atoms with Crippen LogP contribution in [0.25, 0.3) is 0 Å². The van der Waals surface area contributed by atoms with Crippen LogP contribution in [0, 0.1) is 11.3 Å². The maximum absolute atomic E-state index is 2.51. The first-order chi connectivity index (χ1) is 6.45. The van der Waals surface area contributed by atoms with Crippen molar-refractivity contribution in [3.05, 3.63) is 0 Å². The van der Waals surface area contributed by atoms with E-state index in [9.17, 15) is 0 Å². The summed E-state index contributed by atoms with van der Waals surface area (Å²) < 4.78 is 4.92. The fraction of sp³-hybridized carbons (Fsp3) is 1.00. The van der Waals surface area contributed by atoms with E-state index in [0.29, 0.717) is 5.41 Å². The summed E-state index contributed by atoms with van der Waals surface area (Å²) in [5.41, 5.74) is 0.454. The minimum atomic E-state index is 0.454. The summed E-state index contributed by atoms with van der Waals surface area (Å²) in [5.74, 6) is 0.823. The Bertz CT molecular complexity index is 223. The first kappa shape index (κ1) is 11.7. The third-order valence-corrected chi connectivity index (χ3v) is 3.39. The van der Waals surface area contributed by atoms with E-state index in [1.165, 1.54) is 32.5 Å². The van der Waals surface area contributed by atoms with Crippen molar-refractivity contribution in [1.82, 2.24) is 0 Å². The van der Waals surface area contributed by atoms with Crippen molar-refractivity contribution in [2.24, 2.45) is 11.3 Å². The number of nitrogens with zero attached hydrogens (tertiary/aromatic N) is 2. The molecule has 0 radical (unpaired) electrons. The molecule has 0 bridgehead atoms. The lowest BCUT2D eigenvalue weighted by Crippen LogP contribution is -2.26. The molecule has 0 aliphatic carbocycles. The quantitative estimate of drug-likeness (QED) is 0.615. The molecule has 1 atom stereocenters. The summed E-state index contributed by atoms with van der Waals surface area (Å²) in [7, 11) is 2.22. The van der Waals surface area contributed by atoms with Gasteiger partial charge in [0.15, 0.2) is 7.05 Å². The fourth-order valence-corrected chi connectivity index (χ4v) is 2.04. The number of hydrogen-bond acceptors (Lipinski definition) is 0. The predicted molar refractivity (Wildman–Crippen MR) is 58.9 cm³/mol. The van der Waals surface area contributed by atoms with Crippen molar-refractivity contribution in [3.8, 4) is 0 Å². The molecule has 1 unspecified atom stereocenters. The standard InChI is InChI=1S/C12H26N2/c1-6-7-8-14-10-11(9-13(14)5)12(2,3)4/h11H,6-10H2,1-5H3/q+2. The van der Waals surface area contributed by atoms with Crippen molar-refractivity contribution in [1.29, 1.82) is 0 Å². The van der Waals surface area contributed by atoms with Crippen LogP contribution >= 0.6 is 0 Å². The van der Waals surface area contributed by atoms with Crippen LogP contribution in [0.4, 0.5) is 0 Å². The van der Waals surface area contributed by atoms with Gasteiger partial charge in [-0.2, -0.15) is 0 Å².